The highest BCUT2D eigenvalue weighted by atomic mass is 79.9. The van der Waals surface area contributed by atoms with Crippen LogP contribution < -0.4 is 0 Å². The van der Waals surface area contributed by atoms with E-state index in [0.717, 1.165) is 16.6 Å². The maximum atomic E-state index is 9.78. The molecule has 1 aromatic rings. The van der Waals surface area contributed by atoms with E-state index in [1.165, 1.54) is 5.56 Å². The number of rotatable bonds is 2. The fourth-order valence-corrected chi connectivity index (χ4v) is 2.88. The number of thioether (sulfide) groups is 1. The standard InChI is InChI=1S/C12H13BrOS/c13-11-3-1-9(2-4-11)7-10-8-15-6-5-12(10)14/h1-6,10,12,14H,7-8H2/t10-,12-/m1/s1. The Bertz CT molecular complexity index is 347. The molecule has 0 amide bonds. The first-order chi connectivity index (χ1) is 7.25. The van der Waals surface area contributed by atoms with Crippen molar-refractivity contribution < 1.29 is 5.11 Å². The summed E-state index contributed by atoms with van der Waals surface area (Å²) < 4.78 is 1.10. The first-order valence-corrected chi connectivity index (χ1v) is 6.80. The second kappa shape index (κ2) is 5.19. The summed E-state index contributed by atoms with van der Waals surface area (Å²) in [6.07, 6.45) is 2.55. The van der Waals surface area contributed by atoms with Crippen LogP contribution in [0.3, 0.4) is 0 Å². The third-order valence-corrected chi connectivity index (χ3v) is 4.08. The van der Waals surface area contributed by atoms with Crippen LogP contribution in [-0.2, 0) is 6.42 Å². The van der Waals surface area contributed by atoms with Crippen molar-refractivity contribution >= 4 is 27.7 Å². The number of aliphatic hydroxyl groups is 1. The zero-order valence-corrected chi connectivity index (χ0v) is 10.7. The third-order valence-electron chi connectivity index (χ3n) is 2.58. The summed E-state index contributed by atoms with van der Waals surface area (Å²) >= 11 is 5.20. The molecule has 1 aliphatic heterocycles. The molecule has 0 saturated carbocycles. The van der Waals surface area contributed by atoms with Gasteiger partial charge in [-0.2, -0.15) is 0 Å². The normalized spacial score (nSPS) is 25.5. The van der Waals surface area contributed by atoms with Gasteiger partial charge < -0.3 is 5.11 Å². The van der Waals surface area contributed by atoms with Crippen LogP contribution >= 0.6 is 27.7 Å². The quantitative estimate of drug-likeness (QED) is 0.900. The van der Waals surface area contributed by atoms with Gasteiger partial charge in [-0.05, 0) is 35.6 Å². The first kappa shape index (κ1) is 11.2. The van der Waals surface area contributed by atoms with Gasteiger partial charge in [0.25, 0.3) is 0 Å². The second-order valence-electron chi connectivity index (χ2n) is 3.74. The molecule has 1 aromatic carbocycles. The van der Waals surface area contributed by atoms with Gasteiger partial charge in [0.15, 0.2) is 0 Å². The van der Waals surface area contributed by atoms with E-state index in [2.05, 4.69) is 28.1 Å². The van der Waals surface area contributed by atoms with E-state index in [-0.39, 0.29) is 6.10 Å². The maximum Gasteiger partial charge on any atom is 0.0768 e. The minimum absolute atomic E-state index is 0.283. The summed E-state index contributed by atoms with van der Waals surface area (Å²) in [6.45, 7) is 0. The van der Waals surface area contributed by atoms with Crippen LogP contribution in [0.1, 0.15) is 5.56 Å². The molecule has 0 fully saturated rings. The predicted octanol–water partition coefficient (Wildman–Crippen LogP) is 3.23. The van der Waals surface area contributed by atoms with Crippen molar-refractivity contribution in [3.8, 4) is 0 Å². The van der Waals surface area contributed by atoms with Crippen LogP contribution in [-0.4, -0.2) is 17.0 Å². The predicted molar refractivity (Wildman–Crippen MR) is 68.9 cm³/mol. The molecule has 0 spiro atoms. The van der Waals surface area contributed by atoms with Gasteiger partial charge in [-0.15, -0.1) is 11.8 Å². The molecule has 1 heterocycles. The lowest BCUT2D eigenvalue weighted by atomic mass is 9.95. The van der Waals surface area contributed by atoms with Gasteiger partial charge in [-0.25, -0.2) is 0 Å². The van der Waals surface area contributed by atoms with Crippen molar-refractivity contribution in [2.45, 2.75) is 12.5 Å². The minimum Gasteiger partial charge on any atom is -0.389 e. The molecule has 15 heavy (non-hydrogen) atoms. The van der Waals surface area contributed by atoms with E-state index in [9.17, 15) is 5.11 Å². The summed E-state index contributed by atoms with van der Waals surface area (Å²) in [5, 5.41) is 11.8. The van der Waals surface area contributed by atoms with Gasteiger partial charge in [-0.1, -0.05) is 28.1 Å². The fourth-order valence-electron chi connectivity index (χ4n) is 1.67. The van der Waals surface area contributed by atoms with Gasteiger partial charge in [0.1, 0.15) is 0 Å². The van der Waals surface area contributed by atoms with Crippen LogP contribution in [0.2, 0.25) is 0 Å². The zero-order valence-electron chi connectivity index (χ0n) is 8.27. The van der Waals surface area contributed by atoms with Crippen LogP contribution in [0.25, 0.3) is 0 Å². The molecular weight excluding hydrogens is 272 g/mol. The van der Waals surface area contributed by atoms with Gasteiger partial charge in [0, 0.05) is 16.1 Å². The van der Waals surface area contributed by atoms with Crippen LogP contribution in [0.15, 0.2) is 40.2 Å². The van der Waals surface area contributed by atoms with E-state index in [0.29, 0.717) is 5.92 Å². The molecular formula is C12H13BrOS. The first-order valence-electron chi connectivity index (χ1n) is 4.96. The van der Waals surface area contributed by atoms with Gasteiger partial charge in [0.05, 0.1) is 6.10 Å². The van der Waals surface area contributed by atoms with Crippen molar-refractivity contribution in [2.24, 2.45) is 5.92 Å². The summed E-state index contributed by atoms with van der Waals surface area (Å²) in [6, 6.07) is 8.32. The lowest BCUT2D eigenvalue weighted by molar-refractivity contribution is 0.163. The SMILES string of the molecule is O[C@@H]1C=CSC[C@H]1Cc1ccc(Br)cc1. The van der Waals surface area contributed by atoms with E-state index in [4.69, 9.17) is 0 Å². The average molecular weight is 285 g/mol. The van der Waals surface area contributed by atoms with Crippen LogP contribution in [0.4, 0.5) is 0 Å². The van der Waals surface area contributed by atoms with Gasteiger partial charge in [0.2, 0.25) is 0 Å². The Hall–Kier alpha value is -0.250. The van der Waals surface area contributed by atoms with E-state index < -0.39 is 0 Å². The Kier molecular flexibility index (Phi) is 3.89. The lowest BCUT2D eigenvalue weighted by Gasteiger charge is -2.22. The van der Waals surface area contributed by atoms with Crippen molar-refractivity contribution in [3.63, 3.8) is 0 Å². The summed E-state index contributed by atoms with van der Waals surface area (Å²) in [5.41, 5.74) is 1.29. The smallest absolute Gasteiger partial charge is 0.0768 e. The topological polar surface area (TPSA) is 20.2 Å². The Morgan fingerprint density at radius 1 is 1.33 bits per heavy atom. The van der Waals surface area contributed by atoms with Crippen molar-refractivity contribution in [2.75, 3.05) is 5.75 Å². The molecule has 2 rings (SSSR count). The van der Waals surface area contributed by atoms with E-state index in [1.807, 2.05) is 23.6 Å². The summed E-state index contributed by atoms with van der Waals surface area (Å²) in [7, 11) is 0. The molecule has 1 nitrogen and oxygen atoms in total. The highest BCUT2D eigenvalue weighted by Crippen LogP contribution is 2.24. The molecule has 0 aliphatic carbocycles. The zero-order chi connectivity index (χ0) is 10.7. The van der Waals surface area contributed by atoms with Crippen LogP contribution in [0.5, 0.6) is 0 Å². The maximum absolute atomic E-state index is 9.78. The van der Waals surface area contributed by atoms with E-state index in [1.54, 1.807) is 11.8 Å². The Morgan fingerprint density at radius 2 is 2.07 bits per heavy atom. The third kappa shape index (κ3) is 3.10. The molecule has 80 valence electrons. The molecule has 2 atom stereocenters. The monoisotopic (exact) mass is 284 g/mol. The second-order valence-corrected chi connectivity index (χ2v) is 5.60. The molecule has 0 radical (unpaired) electrons. The lowest BCUT2D eigenvalue weighted by Crippen LogP contribution is -2.24. The van der Waals surface area contributed by atoms with Crippen molar-refractivity contribution in [3.05, 3.63) is 45.8 Å². The molecule has 1 aliphatic rings. The van der Waals surface area contributed by atoms with Crippen molar-refractivity contribution in [1.82, 2.24) is 0 Å². The molecule has 0 saturated heterocycles. The fraction of sp³-hybridized carbons (Fsp3) is 0.333. The van der Waals surface area contributed by atoms with Crippen molar-refractivity contribution in [1.29, 1.82) is 0 Å². The van der Waals surface area contributed by atoms with Gasteiger partial charge in [-0.3, -0.25) is 0 Å². The Labute approximate surface area is 103 Å². The largest absolute Gasteiger partial charge is 0.389 e. The highest BCUT2D eigenvalue weighted by Gasteiger charge is 2.19. The molecule has 3 heteroatoms. The molecule has 1 N–H and O–H groups in total. The number of benzene rings is 1. The number of hydrogen-bond donors (Lipinski definition) is 1. The van der Waals surface area contributed by atoms with E-state index >= 15 is 0 Å². The molecule has 0 aromatic heterocycles. The highest BCUT2D eigenvalue weighted by molar-refractivity contribution is 9.10. The number of aliphatic hydroxyl groups excluding tert-OH is 1. The summed E-state index contributed by atoms with van der Waals surface area (Å²) in [4.78, 5) is 0. The Morgan fingerprint density at radius 3 is 2.73 bits per heavy atom. The minimum atomic E-state index is -0.283. The Balaban J connectivity index is 2.02. The molecule has 0 unspecified atom stereocenters. The molecule has 0 bridgehead atoms. The average Bonchev–Trinajstić information content (AvgIpc) is 2.25. The van der Waals surface area contributed by atoms with Crippen LogP contribution in [0, 0.1) is 5.92 Å². The van der Waals surface area contributed by atoms with Gasteiger partial charge >= 0.3 is 0 Å². The summed E-state index contributed by atoms with van der Waals surface area (Å²) in [5.74, 6) is 1.36. The number of halogens is 1. The number of hydrogen-bond acceptors (Lipinski definition) is 2.